The van der Waals surface area contributed by atoms with Crippen LogP contribution >= 0.6 is 0 Å². The van der Waals surface area contributed by atoms with Gasteiger partial charge in [0.1, 0.15) is 0 Å². The van der Waals surface area contributed by atoms with Crippen LogP contribution in [-0.4, -0.2) is 4.98 Å². The monoisotopic (exact) mass is 219 g/mol. The van der Waals surface area contributed by atoms with Crippen molar-refractivity contribution in [1.29, 1.82) is 0 Å². The van der Waals surface area contributed by atoms with Gasteiger partial charge in [0.2, 0.25) is 0 Å². The Labute approximate surface area is 100 Å². The third-order valence-corrected chi connectivity index (χ3v) is 3.05. The molecule has 0 saturated carbocycles. The number of pyridine rings is 1. The zero-order chi connectivity index (χ0) is 11.8. The highest BCUT2D eigenvalue weighted by molar-refractivity contribution is 5.23. The van der Waals surface area contributed by atoms with E-state index in [-0.39, 0.29) is 0 Å². The first kappa shape index (κ1) is 13.2. The number of hydrogen-bond acceptors (Lipinski definition) is 1. The minimum atomic E-state index is 1.07. The first-order chi connectivity index (χ1) is 7.81. The van der Waals surface area contributed by atoms with Crippen LogP contribution in [0.4, 0.5) is 0 Å². The van der Waals surface area contributed by atoms with Crippen molar-refractivity contribution in [2.45, 2.75) is 65.7 Å². The van der Waals surface area contributed by atoms with Crippen LogP contribution in [0.1, 0.15) is 63.4 Å². The molecular weight excluding hydrogens is 194 g/mol. The van der Waals surface area contributed by atoms with Crippen LogP contribution in [0.3, 0.4) is 0 Å². The van der Waals surface area contributed by atoms with E-state index in [1.54, 1.807) is 0 Å². The highest BCUT2D eigenvalue weighted by atomic mass is 14.7. The lowest BCUT2D eigenvalue weighted by Gasteiger charge is -2.09. The third-order valence-electron chi connectivity index (χ3n) is 3.05. The quantitative estimate of drug-likeness (QED) is 0.665. The van der Waals surface area contributed by atoms with Gasteiger partial charge in [-0.3, -0.25) is 4.98 Å². The molecule has 1 heterocycles. The molecule has 1 heteroatoms. The lowest BCUT2D eigenvalue weighted by Crippen LogP contribution is -2.00. The molecule has 16 heavy (non-hydrogen) atoms. The number of aryl methyl sites for hydroxylation is 3. The number of rotatable bonds is 7. The smallest absolute Gasteiger partial charge is 0.0436 e. The van der Waals surface area contributed by atoms with Crippen molar-refractivity contribution in [3.8, 4) is 0 Å². The Bertz CT molecular complexity index is 304. The average molecular weight is 219 g/mol. The van der Waals surface area contributed by atoms with E-state index in [1.807, 2.05) is 0 Å². The molecule has 0 aliphatic rings. The summed E-state index contributed by atoms with van der Waals surface area (Å²) in [6.07, 6.45) is 8.45. The fourth-order valence-corrected chi connectivity index (χ4v) is 1.97. The molecule has 0 amide bonds. The SMILES string of the molecule is CCCCc1ccc(CCCC)c(CC)n1. The molecule has 0 bridgehead atoms. The largest absolute Gasteiger partial charge is 0.258 e. The Morgan fingerprint density at radius 1 is 0.938 bits per heavy atom. The van der Waals surface area contributed by atoms with Crippen molar-refractivity contribution >= 4 is 0 Å². The Hall–Kier alpha value is -0.850. The summed E-state index contributed by atoms with van der Waals surface area (Å²) >= 11 is 0. The van der Waals surface area contributed by atoms with E-state index in [0.717, 1.165) is 12.8 Å². The molecule has 0 unspecified atom stereocenters. The van der Waals surface area contributed by atoms with E-state index in [4.69, 9.17) is 4.98 Å². The predicted octanol–water partition coefficient (Wildman–Crippen LogP) is 4.33. The molecule has 1 aromatic rings. The molecule has 0 fully saturated rings. The van der Waals surface area contributed by atoms with Crippen molar-refractivity contribution in [2.75, 3.05) is 0 Å². The van der Waals surface area contributed by atoms with Crippen molar-refractivity contribution < 1.29 is 0 Å². The van der Waals surface area contributed by atoms with Gasteiger partial charge >= 0.3 is 0 Å². The Kier molecular flexibility index (Phi) is 6.14. The van der Waals surface area contributed by atoms with E-state index < -0.39 is 0 Å². The number of unbranched alkanes of at least 4 members (excludes halogenated alkanes) is 2. The predicted molar refractivity (Wildman–Crippen MR) is 70.8 cm³/mol. The highest BCUT2D eigenvalue weighted by Gasteiger charge is 2.03. The molecule has 0 spiro atoms. The van der Waals surface area contributed by atoms with Gasteiger partial charge in [-0.15, -0.1) is 0 Å². The van der Waals surface area contributed by atoms with Gasteiger partial charge in [0.05, 0.1) is 0 Å². The van der Waals surface area contributed by atoms with E-state index in [1.165, 1.54) is 49.1 Å². The normalized spacial score (nSPS) is 10.7. The van der Waals surface area contributed by atoms with E-state index >= 15 is 0 Å². The van der Waals surface area contributed by atoms with Crippen LogP contribution in [0.2, 0.25) is 0 Å². The van der Waals surface area contributed by atoms with Gasteiger partial charge in [0.25, 0.3) is 0 Å². The summed E-state index contributed by atoms with van der Waals surface area (Å²) in [5.74, 6) is 0. The van der Waals surface area contributed by atoms with Crippen LogP contribution in [0.25, 0.3) is 0 Å². The molecule has 1 rings (SSSR count). The van der Waals surface area contributed by atoms with Gasteiger partial charge < -0.3 is 0 Å². The Morgan fingerprint density at radius 3 is 2.25 bits per heavy atom. The standard InChI is InChI=1S/C15H25N/c1-4-7-9-13-11-12-14(10-8-5-2)16-15(13)6-3/h11-12H,4-10H2,1-3H3. The van der Waals surface area contributed by atoms with Gasteiger partial charge in [0.15, 0.2) is 0 Å². The molecule has 0 atom stereocenters. The Morgan fingerprint density at radius 2 is 1.62 bits per heavy atom. The Balaban J connectivity index is 2.71. The first-order valence-corrected chi connectivity index (χ1v) is 6.79. The van der Waals surface area contributed by atoms with Gasteiger partial charge in [-0.25, -0.2) is 0 Å². The second-order valence-electron chi connectivity index (χ2n) is 4.47. The van der Waals surface area contributed by atoms with E-state index in [9.17, 15) is 0 Å². The summed E-state index contributed by atoms with van der Waals surface area (Å²) in [5.41, 5.74) is 4.06. The molecule has 1 aromatic heterocycles. The molecule has 0 aromatic carbocycles. The van der Waals surface area contributed by atoms with E-state index in [0.29, 0.717) is 0 Å². The van der Waals surface area contributed by atoms with Crippen LogP contribution in [0.15, 0.2) is 12.1 Å². The minimum absolute atomic E-state index is 1.07. The maximum atomic E-state index is 4.78. The number of aromatic nitrogens is 1. The van der Waals surface area contributed by atoms with Crippen molar-refractivity contribution in [3.63, 3.8) is 0 Å². The van der Waals surface area contributed by atoms with Crippen molar-refractivity contribution in [2.24, 2.45) is 0 Å². The van der Waals surface area contributed by atoms with Crippen LogP contribution in [0.5, 0.6) is 0 Å². The third kappa shape index (κ3) is 3.96. The minimum Gasteiger partial charge on any atom is -0.258 e. The van der Waals surface area contributed by atoms with Gasteiger partial charge in [-0.2, -0.15) is 0 Å². The molecule has 0 N–H and O–H groups in total. The lowest BCUT2D eigenvalue weighted by molar-refractivity contribution is 0.752. The fourth-order valence-electron chi connectivity index (χ4n) is 1.97. The number of hydrogen-bond donors (Lipinski definition) is 0. The topological polar surface area (TPSA) is 12.9 Å². The molecular formula is C15H25N. The van der Waals surface area contributed by atoms with Gasteiger partial charge in [0, 0.05) is 11.4 Å². The van der Waals surface area contributed by atoms with Gasteiger partial charge in [-0.1, -0.05) is 39.7 Å². The van der Waals surface area contributed by atoms with E-state index in [2.05, 4.69) is 32.9 Å². The van der Waals surface area contributed by atoms with Crippen LogP contribution in [0, 0.1) is 0 Å². The maximum Gasteiger partial charge on any atom is 0.0436 e. The second-order valence-corrected chi connectivity index (χ2v) is 4.47. The van der Waals surface area contributed by atoms with Gasteiger partial charge in [-0.05, 0) is 43.7 Å². The number of nitrogens with zero attached hydrogens (tertiary/aromatic N) is 1. The molecule has 0 aliphatic carbocycles. The fraction of sp³-hybridized carbons (Fsp3) is 0.667. The zero-order valence-corrected chi connectivity index (χ0v) is 11.1. The molecule has 0 radical (unpaired) electrons. The molecule has 90 valence electrons. The maximum absolute atomic E-state index is 4.78. The summed E-state index contributed by atoms with van der Waals surface area (Å²) in [6, 6.07) is 4.52. The zero-order valence-electron chi connectivity index (χ0n) is 11.1. The van der Waals surface area contributed by atoms with Crippen molar-refractivity contribution in [3.05, 3.63) is 29.1 Å². The summed E-state index contributed by atoms with van der Waals surface area (Å²) < 4.78 is 0. The molecule has 0 saturated heterocycles. The lowest BCUT2D eigenvalue weighted by atomic mass is 10.0. The average Bonchev–Trinajstić information content (AvgIpc) is 2.34. The second kappa shape index (κ2) is 7.43. The highest BCUT2D eigenvalue weighted by Crippen LogP contribution is 2.13. The first-order valence-electron chi connectivity index (χ1n) is 6.79. The van der Waals surface area contributed by atoms with Crippen LogP contribution in [-0.2, 0) is 19.3 Å². The summed E-state index contributed by atoms with van der Waals surface area (Å²) in [7, 11) is 0. The summed E-state index contributed by atoms with van der Waals surface area (Å²) in [4.78, 5) is 4.78. The van der Waals surface area contributed by atoms with Crippen LogP contribution < -0.4 is 0 Å². The summed E-state index contributed by atoms with van der Waals surface area (Å²) in [5, 5.41) is 0. The molecule has 0 aliphatic heterocycles. The van der Waals surface area contributed by atoms with Crippen molar-refractivity contribution in [1.82, 2.24) is 4.98 Å². The summed E-state index contributed by atoms with van der Waals surface area (Å²) in [6.45, 7) is 6.69. The molecule has 1 nitrogen and oxygen atoms in total.